The third-order valence-corrected chi connectivity index (χ3v) is 23.1. The first-order valence-electron chi connectivity index (χ1n) is 37.2. The molecule has 493 valence electrons. The summed E-state index contributed by atoms with van der Waals surface area (Å²) in [7, 11) is -9.27. The summed E-state index contributed by atoms with van der Waals surface area (Å²) in [6.45, 7) is 13.5. The van der Waals surface area contributed by atoms with Gasteiger partial charge in [-0.25, -0.2) is 0 Å². The summed E-state index contributed by atoms with van der Waals surface area (Å²) in [5.74, 6) is 0. The van der Waals surface area contributed by atoms with Gasteiger partial charge in [-0.15, -0.1) is 0 Å². The maximum Gasteiger partial charge on any atom is 3.00 e. The summed E-state index contributed by atoms with van der Waals surface area (Å²) in [6.07, 6.45) is 78.4. The fourth-order valence-electron chi connectivity index (χ4n) is 11.4. The van der Waals surface area contributed by atoms with E-state index in [1.54, 1.807) is 0 Å². The fourth-order valence-corrected chi connectivity index (χ4v) is 16.3. The van der Waals surface area contributed by atoms with Gasteiger partial charge in [-0.1, -0.05) is 388 Å². The molecule has 0 fully saturated rings. The predicted molar refractivity (Wildman–Crippen MR) is 363 cm³/mol. The van der Waals surface area contributed by atoms with Gasteiger partial charge in [0.1, 0.15) is 0 Å². The molecule has 0 rings (SSSR count). The van der Waals surface area contributed by atoms with E-state index in [0.29, 0.717) is 37.0 Å². The van der Waals surface area contributed by atoms with Crippen molar-refractivity contribution >= 4 is 22.1 Å². The van der Waals surface area contributed by atoms with Gasteiger partial charge in [0.05, 0.1) is 0 Å². The monoisotopic (exact) mass is 1350 g/mol. The molecule has 82 heavy (non-hydrogen) atoms. The molecule has 0 aliphatic carbocycles. The van der Waals surface area contributed by atoms with Gasteiger partial charge < -0.3 is 28.4 Å². The van der Waals surface area contributed by atoms with Gasteiger partial charge in [0.25, 0.3) is 0 Å². The second-order valence-corrected chi connectivity index (χ2v) is 33.4. The zero-order chi connectivity index (χ0) is 60.2. The maximum atomic E-state index is 12.1. The van der Waals surface area contributed by atoms with Crippen molar-refractivity contribution in [2.45, 2.75) is 427 Å². The molecule has 0 bridgehead atoms. The number of hydrogen-bond acceptors (Lipinski definition) is 6. The molecule has 0 heterocycles. The summed E-state index contributed by atoms with van der Waals surface area (Å²) >= 11 is 0. The van der Waals surface area contributed by atoms with Crippen molar-refractivity contribution in [3.05, 3.63) is 0 Å². The van der Waals surface area contributed by atoms with E-state index in [0.717, 1.165) is 77.0 Å². The van der Waals surface area contributed by atoms with Crippen molar-refractivity contribution in [2.24, 2.45) is 0 Å². The SMILES string of the molecule is CCCCCCCCCCCCP(=O)([O-])CCCCCCCCCCCC.CCCCCCCCCCCCP(=O)([O-])CCCCCCCCCCCC.CCCCCCCCCCCCP(=O)([O-])CCCCCCCCCCCC.[Nd+3]. The van der Waals surface area contributed by atoms with Crippen LogP contribution in [0.5, 0.6) is 0 Å². The minimum absolute atomic E-state index is 0. The third kappa shape index (κ3) is 84.0. The first kappa shape index (κ1) is 90.3. The number of unbranched alkanes of at least 4 members (excludes halogenated alkanes) is 54. The molecule has 0 N–H and O–H groups in total. The van der Waals surface area contributed by atoms with Crippen molar-refractivity contribution in [1.82, 2.24) is 0 Å². The number of rotatable bonds is 66. The summed E-state index contributed by atoms with van der Waals surface area (Å²) in [5.41, 5.74) is 0. The molecular weight excluding hydrogens is 1200 g/mol. The second kappa shape index (κ2) is 75.4. The Morgan fingerprint density at radius 1 is 0.159 bits per heavy atom. The Morgan fingerprint density at radius 3 is 0.317 bits per heavy atom. The zero-order valence-corrected chi connectivity index (χ0v) is 62.9. The van der Waals surface area contributed by atoms with Crippen LogP contribution in [0.3, 0.4) is 0 Å². The van der Waals surface area contributed by atoms with E-state index in [1.807, 2.05) is 0 Å². The molecule has 0 aromatic heterocycles. The van der Waals surface area contributed by atoms with Crippen LogP contribution < -0.4 is 14.7 Å². The molecule has 0 spiro atoms. The quantitative estimate of drug-likeness (QED) is 0.0442. The molecule has 0 saturated heterocycles. The fraction of sp³-hybridized carbons (Fsp3) is 1.00. The molecule has 0 atom stereocenters. The van der Waals surface area contributed by atoms with E-state index >= 15 is 0 Å². The normalized spacial score (nSPS) is 11.8. The minimum Gasteiger partial charge on any atom is -0.799 e. The molecule has 10 heteroatoms. The summed E-state index contributed by atoms with van der Waals surface area (Å²) < 4.78 is 36.4. The van der Waals surface area contributed by atoms with Gasteiger partial charge in [-0.05, 0) is 75.5 Å². The third-order valence-electron chi connectivity index (χ3n) is 17.1. The van der Waals surface area contributed by atoms with E-state index in [-0.39, 0.29) is 40.8 Å². The van der Waals surface area contributed by atoms with Crippen molar-refractivity contribution in [3.63, 3.8) is 0 Å². The Balaban J connectivity index is -0.000000553. The van der Waals surface area contributed by atoms with Crippen molar-refractivity contribution in [1.29, 1.82) is 0 Å². The van der Waals surface area contributed by atoms with Crippen LogP contribution in [0.15, 0.2) is 0 Å². The van der Waals surface area contributed by atoms with Gasteiger partial charge in [-0.2, -0.15) is 0 Å². The smallest absolute Gasteiger partial charge is 0.799 e. The molecule has 0 aliphatic heterocycles. The zero-order valence-electron chi connectivity index (χ0n) is 57.0. The van der Waals surface area contributed by atoms with Crippen molar-refractivity contribution < 1.29 is 69.2 Å². The molecule has 0 saturated carbocycles. The maximum absolute atomic E-state index is 12.1. The molecule has 0 aromatic carbocycles. The van der Waals surface area contributed by atoms with E-state index in [4.69, 9.17) is 0 Å². The van der Waals surface area contributed by atoms with Crippen LogP contribution in [-0.4, -0.2) is 37.0 Å². The molecule has 0 aromatic rings. The molecule has 0 amide bonds. The van der Waals surface area contributed by atoms with Gasteiger partial charge in [-0.3, -0.25) is 0 Å². The largest absolute Gasteiger partial charge is 3.00 e. The van der Waals surface area contributed by atoms with Crippen LogP contribution >= 0.6 is 22.1 Å². The van der Waals surface area contributed by atoms with Crippen LogP contribution in [0.25, 0.3) is 0 Å². The Labute approximate surface area is 550 Å². The Hall–Kier alpha value is 1.92. The van der Waals surface area contributed by atoms with Crippen LogP contribution in [0.1, 0.15) is 427 Å². The van der Waals surface area contributed by atoms with E-state index in [9.17, 15) is 28.4 Å². The Kier molecular flexibility index (Phi) is 83.0. The van der Waals surface area contributed by atoms with Gasteiger partial charge in [0.2, 0.25) is 0 Å². The molecule has 0 unspecified atom stereocenters. The first-order chi connectivity index (χ1) is 39.4. The standard InChI is InChI=1S/3C24H51O2P.Nd/c3*1-3-5-7-9-11-13-15-17-19-21-23-27(25,26)24-22-20-18-16-14-12-10-8-6-4-2;/h3*3-24H2,1-2H3,(H,25,26);/q;;;+3/p-3. The van der Waals surface area contributed by atoms with Gasteiger partial charge in [0.15, 0.2) is 0 Å². The first-order valence-corrected chi connectivity index (χ1v) is 43.2. The van der Waals surface area contributed by atoms with Gasteiger partial charge in [0, 0.05) is 22.1 Å². The molecule has 6 nitrogen and oxygen atoms in total. The molecular formula is C72H150NdO6P3. The summed E-state index contributed by atoms with van der Waals surface area (Å²) in [6, 6.07) is 0. The summed E-state index contributed by atoms with van der Waals surface area (Å²) in [5, 5.41) is 0. The van der Waals surface area contributed by atoms with E-state index in [1.165, 1.54) is 308 Å². The number of hydrogen-bond donors (Lipinski definition) is 0. The van der Waals surface area contributed by atoms with E-state index < -0.39 is 22.1 Å². The van der Waals surface area contributed by atoms with Gasteiger partial charge >= 0.3 is 40.8 Å². The Morgan fingerprint density at radius 2 is 0.232 bits per heavy atom. The minimum atomic E-state index is -3.09. The predicted octanol–water partition coefficient (Wildman–Crippen LogP) is 25.4. The van der Waals surface area contributed by atoms with E-state index in [2.05, 4.69) is 41.5 Å². The molecule has 0 aliphatic rings. The van der Waals surface area contributed by atoms with Crippen molar-refractivity contribution in [3.8, 4) is 0 Å². The Bertz CT molecular complexity index is 1070. The average Bonchev–Trinajstić information content (AvgIpc) is 3.44. The molecule has 1 radical (unpaired) electrons. The van der Waals surface area contributed by atoms with Crippen LogP contribution in [-0.2, 0) is 13.7 Å². The van der Waals surface area contributed by atoms with Crippen LogP contribution in [0.2, 0.25) is 0 Å². The van der Waals surface area contributed by atoms with Crippen molar-refractivity contribution in [2.75, 3.05) is 37.0 Å². The average molecular weight is 1350 g/mol. The van der Waals surface area contributed by atoms with Crippen LogP contribution in [0.4, 0.5) is 0 Å². The van der Waals surface area contributed by atoms with Crippen LogP contribution in [0, 0.1) is 40.8 Å². The second-order valence-electron chi connectivity index (χ2n) is 25.9. The topological polar surface area (TPSA) is 120 Å². The summed E-state index contributed by atoms with van der Waals surface area (Å²) in [4.78, 5) is 36.4.